The van der Waals surface area contributed by atoms with Crippen LogP contribution in [0.25, 0.3) is 0 Å². The molecule has 0 bridgehead atoms. The third kappa shape index (κ3) is 3.85. The molecule has 1 aromatic rings. The summed E-state index contributed by atoms with van der Waals surface area (Å²) in [6, 6.07) is 5.81. The first-order valence-corrected chi connectivity index (χ1v) is 8.70. The van der Waals surface area contributed by atoms with E-state index in [-0.39, 0.29) is 24.0 Å². The van der Waals surface area contributed by atoms with Gasteiger partial charge in [0, 0.05) is 31.8 Å². The highest BCUT2D eigenvalue weighted by atomic mass is 16.5. The van der Waals surface area contributed by atoms with Crippen LogP contribution in [0.1, 0.15) is 38.2 Å². The van der Waals surface area contributed by atoms with Crippen LogP contribution < -0.4 is 10.2 Å². The number of aromatic nitrogens is 1. The van der Waals surface area contributed by atoms with E-state index >= 15 is 0 Å². The first-order valence-electron chi connectivity index (χ1n) is 8.70. The van der Waals surface area contributed by atoms with Crippen LogP contribution in [0.5, 0.6) is 0 Å². The number of carbonyl (C=O) groups is 1. The fourth-order valence-electron chi connectivity index (χ4n) is 3.44. The quantitative estimate of drug-likeness (QED) is 0.912. The van der Waals surface area contributed by atoms with E-state index in [2.05, 4.69) is 21.3 Å². The summed E-state index contributed by atoms with van der Waals surface area (Å²) < 4.78 is 5.64. The van der Waals surface area contributed by atoms with Crippen LogP contribution in [0.3, 0.4) is 0 Å². The lowest BCUT2D eigenvalue weighted by molar-refractivity contribution is -0.127. The largest absolute Gasteiger partial charge is 0.376 e. The first-order chi connectivity index (χ1) is 11.7. The minimum atomic E-state index is 0.0588. The Balaban J connectivity index is 1.48. The number of nitriles is 1. The average molecular weight is 328 g/mol. The highest BCUT2D eigenvalue weighted by Crippen LogP contribution is 2.23. The smallest absolute Gasteiger partial charge is 0.223 e. The topological polar surface area (TPSA) is 78.3 Å². The molecule has 0 unspecified atom stereocenters. The van der Waals surface area contributed by atoms with E-state index in [1.165, 1.54) is 0 Å². The number of rotatable bonds is 4. The summed E-state index contributed by atoms with van der Waals surface area (Å²) in [6.07, 6.45) is 5.52. The fraction of sp³-hybridized carbons (Fsp3) is 0.611. The number of carbonyl (C=O) groups excluding carboxylic acids is 1. The van der Waals surface area contributed by atoms with Crippen LogP contribution in [0.2, 0.25) is 0 Å². The number of anilines is 1. The Hall–Kier alpha value is -2.13. The van der Waals surface area contributed by atoms with Crippen molar-refractivity contribution in [3.05, 3.63) is 23.9 Å². The van der Waals surface area contributed by atoms with Crippen molar-refractivity contribution in [1.29, 1.82) is 5.26 Å². The number of amides is 1. The Bertz CT molecular complexity index is 596. The highest BCUT2D eigenvalue weighted by Gasteiger charge is 2.29. The molecule has 6 heteroatoms. The molecule has 2 saturated heterocycles. The van der Waals surface area contributed by atoms with Gasteiger partial charge in [-0.3, -0.25) is 4.79 Å². The van der Waals surface area contributed by atoms with Gasteiger partial charge in [-0.2, -0.15) is 5.26 Å². The van der Waals surface area contributed by atoms with Crippen LogP contribution in [-0.2, 0) is 9.53 Å². The van der Waals surface area contributed by atoms with Gasteiger partial charge in [0.25, 0.3) is 0 Å². The van der Waals surface area contributed by atoms with Crippen molar-refractivity contribution >= 4 is 11.7 Å². The molecule has 1 aromatic heterocycles. The molecular weight excluding hydrogens is 304 g/mol. The molecule has 3 rings (SSSR count). The number of pyridine rings is 1. The summed E-state index contributed by atoms with van der Waals surface area (Å²) in [4.78, 5) is 19.0. The minimum Gasteiger partial charge on any atom is -0.376 e. The second-order valence-corrected chi connectivity index (χ2v) is 6.63. The monoisotopic (exact) mass is 328 g/mol. The molecule has 6 nitrogen and oxygen atoms in total. The summed E-state index contributed by atoms with van der Waals surface area (Å²) in [7, 11) is 0. The van der Waals surface area contributed by atoms with Gasteiger partial charge in [0.15, 0.2) is 0 Å². The standard InChI is InChI=1S/C18H24N4O2/c1-13(16-3-2-10-24-16)21-18(23)15-6-8-22(9-7-15)17-5-4-14(11-19)12-20-17/h4-5,12-13,15-16H,2-3,6-10H2,1H3,(H,21,23)/t13-,16-/m0/s1. The zero-order valence-electron chi connectivity index (χ0n) is 14.1. The van der Waals surface area contributed by atoms with Gasteiger partial charge in [0.1, 0.15) is 11.9 Å². The third-order valence-corrected chi connectivity index (χ3v) is 4.96. The molecule has 0 aliphatic carbocycles. The molecule has 2 atom stereocenters. The maximum absolute atomic E-state index is 12.5. The van der Waals surface area contributed by atoms with Crippen LogP contribution in [0, 0.1) is 17.2 Å². The molecule has 2 fully saturated rings. The van der Waals surface area contributed by atoms with Crippen molar-refractivity contribution in [2.45, 2.75) is 44.8 Å². The van der Waals surface area contributed by atoms with Crippen molar-refractivity contribution in [3.8, 4) is 6.07 Å². The molecule has 3 heterocycles. The summed E-state index contributed by atoms with van der Waals surface area (Å²) >= 11 is 0. The molecule has 0 spiro atoms. The van der Waals surface area contributed by atoms with Gasteiger partial charge in [-0.15, -0.1) is 0 Å². The van der Waals surface area contributed by atoms with Crippen LogP contribution in [-0.4, -0.2) is 42.7 Å². The van der Waals surface area contributed by atoms with E-state index < -0.39 is 0 Å². The Labute approximate surface area is 142 Å². The Morgan fingerprint density at radius 1 is 1.42 bits per heavy atom. The lowest BCUT2D eigenvalue weighted by atomic mass is 9.95. The molecule has 1 amide bonds. The first kappa shape index (κ1) is 16.7. The zero-order valence-corrected chi connectivity index (χ0v) is 14.1. The average Bonchev–Trinajstić information content (AvgIpc) is 3.17. The molecule has 128 valence electrons. The lowest BCUT2D eigenvalue weighted by Gasteiger charge is -2.33. The van der Waals surface area contributed by atoms with Crippen molar-refractivity contribution < 1.29 is 9.53 Å². The van der Waals surface area contributed by atoms with Gasteiger partial charge in [-0.1, -0.05) is 0 Å². The van der Waals surface area contributed by atoms with Gasteiger partial charge in [0.2, 0.25) is 5.91 Å². The minimum absolute atomic E-state index is 0.0588. The van der Waals surface area contributed by atoms with Crippen molar-refractivity contribution in [1.82, 2.24) is 10.3 Å². The summed E-state index contributed by atoms with van der Waals surface area (Å²) in [5.41, 5.74) is 0.566. The summed E-state index contributed by atoms with van der Waals surface area (Å²) in [5, 5.41) is 12.0. The van der Waals surface area contributed by atoms with E-state index in [4.69, 9.17) is 10.00 Å². The van der Waals surface area contributed by atoms with E-state index in [1.54, 1.807) is 12.3 Å². The van der Waals surface area contributed by atoms with E-state index in [0.717, 1.165) is 51.2 Å². The highest BCUT2D eigenvalue weighted by molar-refractivity contribution is 5.79. The van der Waals surface area contributed by atoms with E-state index in [9.17, 15) is 4.79 Å². The Morgan fingerprint density at radius 3 is 2.79 bits per heavy atom. The Kier molecular flexibility index (Phi) is 5.31. The molecule has 24 heavy (non-hydrogen) atoms. The SMILES string of the molecule is C[C@H](NC(=O)C1CCN(c2ccc(C#N)cn2)CC1)[C@@H]1CCCO1. The summed E-state index contributed by atoms with van der Waals surface area (Å²) in [5.74, 6) is 1.08. The van der Waals surface area contributed by atoms with Crippen molar-refractivity contribution in [2.75, 3.05) is 24.6 Å². The number of nitrogens with zero attached hydrogens (tertiary/aromatic N) is 3. The van der Waals surface area contributed by atoms with Gasteiger partial charge in [-0.05, 0) is 44.7 Å². The van der Waals surface area contributed by atoms with Crippen molar-refractivity contribution in [3.63, 3.8) is 0 Å². The molecule has 0 saturated carbocycles. The molecular formula is C18H24N4O2. The molecule has 0 radical (unpaired) electrons. The van der Waals surface area contributed by atoms with E-state index in [1.807, 2.05) is 13.0 Å². The van der Waals surface area contributed by atoms with Crippen LogP contribution in [0.4, 0.5) is 5.82 Å². The normalized spacial score (nSPS) is 22.8. The zero-order chi connectivity index (χ0) is 16.9. The number of hydrogen-bond donors (Lipinski definition) is 1. The van der Waals surface area contributed by atoms with Gasteiger partial charge in [0.05, 0.1) is 17.7 Å². The lowest BCUT2D eigenvalue weighted by Crippen LogP contribution is -2.46. The van der Waals surface area contributed by atoms with E-state index in [0.29, 0.717) is 5.56 Å². The predicted octanol–water partition coefficient (Wildman–Crippen LogP) is 1.85. The number of nitrogens with one attached hydrogen (secondary N) is 1. The molecule has 2 aliphatic heterocycles. The third-order valence-electron chi connectivity index (χ3n) is 4.96. The second-order valence-electron chi connectivity index (χ2n) is 6.63. The van der Waals surface area contributed by atoms with Crippen molar-refractivity contribution in [2.24, 2.45) is 5.92 Å². The van der Waals surface area contributed by atoms with Crippen LogP contribution >= 0.6 is 0 Å². The van der Waals surface area contributed by atoms with Crippen LogP contribution in [0.15, 0.2) is 18.3 Å². The molecule has 0 aromatic carbocycles. The number of hydrogen-bond acceptors (Lipinski definition) is 5. The molecule has 1 N–H and O–H groups in total. The maximum Gasteiger partial charge on any atom is 0.223 e. The predicted molar refractivity (Wildman–Crippen MR) is 90.5 cm³/mol. The maximum atomic E-state index is 12.5. The van der Waals surface area contributed by atoms with Gasteiger partial charge < -0.3 is 15.0 Å². The van der Waals surface area contributed by atoms with Gasteiger partial charge >= 0.3 is 0 Å². The van der Waals surface area contributed by atoms with Gasteiger partial charge in [-0.25, -0.2) is 4.98 Å². The fourth-order valence-corrected chi connectivity index (χ4v) is 3.44. The second kappa shape index (κ2) is 7.63. The Morgan fingerprint density at radius 2 is 2.21 bits per heavy atom. The number of ether oxygens (including phenoxy) is 1. The summed E-state index contributed by atoms with van der Waals surface area (Å²) in [6.45, 7) is 4.46. The number of piperidine rings is 1. The molecule has 2 aliphatic rings.